The Kier molecular flexibility index (Phi) is 14.3. The van der Waals surface area contributed by atoms with Crippen LogP contribution in [0.3, 0.4) is 0 Å². The lowest BCUT2D eigenvalue weighted by atomic mass is 9.82. The van der Waals surface area contributed by atoms with Gasteiger partial charge in [-0.05, 0) is 217 Å². The van der Waals surface area contributed by atoms with Gasteiger partial charge in [-0.2, -0.15) is 0 Å². The topological polar surface area (TPSA) is 32.9 Å². The number of nitrogens with zero attached hydrogens (tertiary/aromatic N) is 4. The van der Waals surface area contributed by atoms with Gasteiger partial charge < -0.3 is 22.7 Å². The molecule has 1 aliphatic rings. The van der Waals surface area contributed by atoms with E-state index in [2.05, 4.69) is 408 Å². The van der Waals surface area contributed by atoms with Crippen molar-refractivity contribution in [3.05, 3.63) is 399 Å². The van der Waals surface area contributed by atoms with E-state index in [4.69, 9.17) is 4.42 Å². The molecule has 22 aromatic rings. The zero-order valence-corrected chi connectivity index (χ0v) is 60.6. The molecule has 0 radical (unpaired) electrons. The number of para-hydroxylation sites is 5. The molecule has 5 aromatic heterocycles. The average molecular weight is 1400 g/mol. The zero-order valence-electron chi connectivity index (χ0n) is 60.6. The molecule has 5 heteroatoms. The van der Waals surface area contributed by atoms with E-state index in [-0.39, 0.29) is 5.41 Å². The van der Waals surface area contributed by atoms with Crippen LogP contribution in [0.5, 0.6) is 0 Å². The molecule has 0 saturated heterocycles. The smallest absolute Gasteiger partial charge is 0.135 e. The summed E-state index contributed by atoms with van der Waals surface area (Å²) in [7, 11) is 0. The molecule has 0 N–H and O–H groups in total. The predicted octanol–water partition coefficient (Wildman–Crippen LogP) is 28.3. The van der Waals surface area contributed by atoms with Crippen LogP contribution in [0.2, 0.25) is 0 Å². The molecule has 5 nitrogen and oxygen atoms in total. The van der Waals surface area contributed by atoms with Gasteiger partial charge in [0.15, 0.2) is 0 Å². The van der Waals surface area contributed by atoms with Gasteiger partial charge in [0.2, 0.25) is 0 Å². The monoisotopic (exact) mass is 1400 g/mol. The molecular weight excluding hydrogens is 1330 g/mol. The van der Waals surface area contributed by atoms with E-state index < -0.39 is 0 Å². The first-order valence-electron chi connectivity index (χ1n) is 38.0. The van der Waals surface area contributed by atoms with E-state index in [9.17, 15) is 0 Å². The lowest BCUT2D eigenvalue weighted by Gasteiger charge is -2.21. The van der Waals surface area contributed by atoms with Gasteiger partial charge in [0.25, 0.3) is 0 Å². The van der Waals surface area contributed by atoms with E-state index >= 15 is 0 Å². The summed E-state index contributed by atoms with van der Waals surface area (Å²) < 4.78 is 15.8. The van der Waals surface area contributed by atoms with Crippen molar-refractivity contribution in [3.8, 4) is 89.5 Å². The summed E-state index contributed by atoms with van der Waals surface area (Å²) >= 11 is 0. The summed E-state index contributed by atoms with van der Waals surface area (Å²) in [4.78, 5) is 0. The SMILES string of the molecule is CC1(C)c2ccccc2-c2cc(-n3c4ccccc4c4cc(-c5ccc6c(c5)c5ccccc5n6-c5cc(-c6ccccc6)cc(-c6ccccc6)c5)ccc43)ccc21.c1ccc(-c2cccc(-n3c4ccccc4c4cc(-c5ccc6c(c5)c5ccccc5n6-c5ccc6oc7ccccc7c6c5)ccc43)c2)cc1. The summed E-state index contributed by atoms with van der Waals surface area (Å²) in [6.45, 7) is 4.69. The molecule has 0 saturated carbocycles. The number of rotatable bonds is 9. The Labute approximate surface area is 635 Å². The van der Waals surface area contributed by atoms with Gasteiger partial charge in [-0.25, -0.2) is 0 Å². The third-order valence-corrected chi connectivity index (χ3v) is 23.4. The zero-order chi connectivity index (χ0) is 72.7. The molecule has 0 amide bonds. The molecular formula is C105H70N4O. The van der Waals surface area contributed by atoms with Gasteiger partial charge in [0.1, 0.15) is 11.2 Å². The fraction of sp³-hybridized carbons (Fsp3) is 0.0286. The van der Waals surface area contributed by atoms with Crippen molar-refractivity contribution in [2.24, 2.45) is 0 Å². The second-order valence-electron chi connectivity index (χ2n) is 29.9. The number of aromatic nitrogens is 4. The maximum atomic E-state index is 6.16. The molecule has 23 rings (SSSR count). The molecule has 0 atom stereocenters. The summed E-state index contributed by atoms with van der Waals surface area (Å²) in [6.07, 6.45) is 0. The second kappa shape index (κ2) is 24.9. The first-order chi connectivity index (χ1) is 54.3. The lowest BCUT2D eigenvalue weighted by Crippen LogP contribution is -2.14. The minimum absolute atomic E-state index is 0.0229. The minimum Gasteiger partial charge on any atom is -0.456 e. The number of furan rings is 1. The summed E-state index contributed by atoms with van der Waals surface area (Å²) in [6, 6.07) is 142. The summed E-state index contributed by atoms with van der Waals surface area (Å²) in [5.74, 6) is 0. The van der Waals surface area contributed by atoms with Crippen LogP contribution in [-0.4, -0.2) is 18.3 Å². The van der Waals surface area contributed by atoms with Crippen LogP contribution in [0.25, 0.3) is 199 Å². The number of hydrogen-bond acceptors (Lipinski definition) is 1. The molecule has 0 unspecified atom stereocenters. The van der Waals surface area contributed by atoms with Crippen LogP contribution >= 0.6 is 0 Å². The lowest BCUT2D eigenvalue weighted by molar-refractivity contribution is 0.660. The van der Waals surface area contributed by atoms with Crippen LogP contribution in [-0.2, 0) is 5.41 Å². The Morgan fingerprint density at radius 3 is 1.01 bits per heavy atom. The predicted molar refractivity (Wildman–Crippen MR) is 462 cm³/mol. The highest BCUT2D eigenvalue weighted by Gasteiger charge is 2.35. The van der Waals surface area contributed by atoms with Crippen molar-refractivity contribution in [1.82, 2.24) is 18.3 Å². The van der Waals surface area contributed by atoms with Gasteiger partial charge in [0.05, 0.1) is 44.1 Å². The van der Waals surface area contributed by atoms with Gasteiger partial charge in [0, 0.05) is 82.0 Å². The summed E-state index contributed by atoms with van der Waals surface area (Å²) in [5, 5.41) is 12.2. The Hall–Kier alpha value is -14.3. The first-order valence-corrected chi connectivity index (χ1v) is 38.0. The number of fused-ring (bicyclic) bond motifs is 18. The van der Waals surface area contributed by atoms with Crippen molar-refractivity contribution in [2.45, 2.75) is 19.3 Å². The van der Waals surface area contributed by atoms with Crippen molar-refractivity contribution in [2.75, 3.05) is 0 Å². The molecule has 516 valence electrons. The maximum absolute atomic E-state index is 6.16. The molecule has 0 fully saturated rings. The molecule has 0 aliphatic heterocycles. The normalized spacial score (nSPS) is 12.5. The molecule has 5 heterocycles. The van der Waals surface area contributed by atoms with E-state index in [1.165, 1.54) is 171 Å². The Bertz CT molecular complexity index is 7430. The standard InChI is InChI=1S/C57H40N2.C48H30N2O/c1-57(2)51-22-12-9-19-45(51)48-36-43(27-28-52(48)57)58-53-23-13-10-20-46(53)49-34-39(25-29-55(49)58)40-26-30-56-50(35-40)47-21-11-14-24-54(47)59(56)44-32-41(37-15-5-3-6-16-37)31-42(33-44)38-17-7-4-8-18-38;1-2-11-31(12-3-1)32-13-10-14-35(27-32)49-43-18-7-4-15-37(43)40-28-33(21-24-45(40)49)34-22-25-46-41(29-34)38-16-5-8-19-44(38)50(46)36-23-26-48-42(30-36)39-17-6-9-20-47(39)51-48/h3-36H,1-2H3;1-30H. The van der Waals surface area contributed by atoms with Crippen LogP contribution in [0.4, 0.5) is 0 Å². The van der Waals surface area contributed by atoms with E-state index in [1.54, 1.807) is 0 Å². The van der Waals surface area contributed by atoms with E-state index in [1.807, 2.05) is 12.1 Å². The van der Waals surface area contributed by atoms with Crippen molar-refractivity contribution in [1.29, 1.82) is 0 Å². The number of benzene rings is 17. The van der Waals surface area contributed by atoms with Crippen molar-refractivity contribution < 1.29 is 4.42 Å². The Morgan fingerprint density at radius 2 is 0.518 bits per heavy atom. The van der Waals surface area contributed by atoms with Crippen LogP contribution in [0.15, 0.2) is 393 Å². The Morgan fingerprint density at radius 1 is 0.182 bits per heavy atom. The fourth-order valence-electron chi connectivity index (χ4n) is 18.2. The molecule has 1 aliphatic carbocycles. The van der Waals surface area contributed by atoms with E-state index in [0.29, 0.717) is 0 Å². The largest absolute Gasteiger partial charge is 0.456 e. The van der Waals surface area contributed by atoms with Crippen molar-refractivity contribution in [3.63, 3.8) is 0 Å². The average Bonchev–Trinajstić information content (AvgIpc) is 1.58. The highest BCUT2D eigenvalue weighted by Crippen LogP contribution is 2.50. The molecule has 110 heavy (non-hydrogen) atoms. The van der Waals surface area contributed by atoms with E-state index in [0.717, 1.165) is 39.0 Å². The Balaban J connectivity index is 0.000000137. The summed E-state index contributed by atoms with van der Waals surface area (Å²) in [5.41, 5.74) is 33.5. The van der Waals surface area contributed by atoms with Crippen molar-refractivity contribution >= 4 is 109 Å². The highest BCUT2D eigenvalue weighted by atomic mass is 16.3. The second-order valence-corrected chi connectivity index (χ2v) is 29.9. The van der Waals surface area contributed by atoms with Gasteiger partial charge in [-0.15, -0.1) is 0 Å². The van der Waals surface area contributed by atoms with Gasteiger partial charge >= 0.3 is 0 Å². The maximum Gasteiger partial charge on any atom is 0.135 e. The van der Waals surface area contributed by atoms with Gasteiger partial charge in [-0.1, -0.05) is 263 Å². The third-order valence-electron chi connectivity index (χ3n) is 23.4. The first kappa shape index (κ1) is 63.1. The highest BCUT2D eigenvalue weighted by molar-refractivity contribution is 6.16. The quantitative estimate of drug-likeness (QED) is 0.142. The molecule has 0 spiro atoms. The van der Waals surface area contributed by atoms with Crippen LogP contribution in [0.1, 0.15) is 25.0 Å². The number of hydrogen-bond donors (Lipinski definition) is 0. The minimum atomic E-state index is -0.0229. The van der Waals surface area contributed by atoms with Gasteiger partial charge in [-0.3, -0.25) is 0 Å². The van der Waals surface area contributed by atoms with Crippen LogP contribution < -0.4 is 0 Å². The fourth-order valence-corrected chi connectivity index (χ4v) is 18.2. The van der Waals surface area contributed by atoms with Crippen LogP contribution in [0, 0.1) is 0 Å². The molecule has 0 bridgehead atoms. The molecule has 17 aromatic carbocycles. The third kappa shape index (κ3) is 10.0.